The summed E-state index contributed by atoms with van der Waals surface area (Å²) in [6, 6.07) is 8.58. The van der Waals surface area contributed by atoms with Gasteiger partial charge >= 0.3 is 0 Å². The first-order valence-electron chi connectivity index (χ1n) is 11.5. The van der Waals surface area contributed by atoms with E-state index in [9.17, 15) is 4.79 Å². The number of nitrogens with one attached hydrogen (secondary N) is 1. The Morgan fingerprint density at radius 2 is 1.97 bits per heavy atom. The molecule has 1 amide bonds. The van der Waals surface area contributed by atoms with E-state index in [0.29, 0.717) is 5.92 Å². The van der Waals surface area contributed by atoms with E-state index in [4.69, 9.17) is 4.98 Å². The van der Waals surface area contributed by atoms with Crippen molar-refractivity contribution in [1.29, 1.82) is 0 Å². The van der Waals surface area contributed by atoms with Crippen LogP contribution in [0.1, 0.15) is 69.3 Å². The summed E-state index contributed by atoms with van der Waals surface area (Å²) in [6.45, 7) is 9.20. The van der Waals surface area contributed by atoms with E-state index in [2.05, 4.69) is 59.6 Å². The van der Waals surface area contributed by atoms with Crippen molar-refractivity contribution in [3.8, 4) is 0 Å². The molecule has 0 saturated carbocycles. The fraction of sp³-hybridized carbons (Fsp3) is 0.625. The van der Waals surface area contributed by atoms with E-state index in [1.54, 1.807) is 0 Å². The zero-order chi connectivity index (χ0) is 21.3. The van der Waals surface area contributed by atoms with Crippen molar-refractivity contribution < 1.29 is 4.79 Å². The highest BCUT2D eigenvalue weighted by molar-refractivity contribution is 7.09. The van der Waals surface area contributed by atoms with Gasteiger partial charge in [-0.1, -0.05) is 56.5 Å². The number of hydrogen-bond acceptors (Lipinski definition) is 5. The molecule has 1 fully saturated rings. The molecule has 5 nitrogen and oxygen atoms in total. The summed E-state index contributed by atoms with van der Waals surface area (Å²) < 4.78 is 4.57. The normalized spacial score (nSPS) is 15.9. The molecule has 6 heteroatoms. The molecule has 0 aliphatic carbocycles. The van der Waals surface area contributed by atoms with Crippen molar-refractivity contribution >= 4 is 22.6 Å². The highest BCUT2D eigenvalue weighted by Gasteiger charge is 2.23. The number of rotatable bonds is 10. The third-order valence-corrected chi connectivity index (χ3v) is 6.97. The molecule has 1 atom stereocenters. The standard InChI is InChI=1S/C24H36N4OS/c1-4-6-7-21(5-2)23(29)25-17-20-12-14-28(15-13-20)24-26-22(27-30-24)16-19-10-8-18(3)9-11-19/h8-11,20-21H,4-7,12-17H2,1-3H3,(H,25,29)/t21-/m0/s1. The number of aromatic nitrogens is 2. The Morgan fingerprint density at radius 3 is 2.63 bits per heavy atom. The van der Waals surface area contributed by atoms with Crippen molar-refractivity contribution in [1.82, 2.24) is 14.7 Å². The second-order valence-electron chi connectivity index (χ2n) is 8.58. The van der Waals surface area contributed by atoms with Crippen molar-refractivity contribution in [3.05, 3.63) is 41.2 Å². The molecule has 30 heavy (non-hydrogen) atoms. The highest BCUT2D eigenvalue weighted by Crippen LogP contribution is 2.25. The lowest BCUT2D eigenvalue weighted by atomic mass is 9.95. The monoisotopic (exact) mass is 428 g/mol. The van der Waals surface area contributed by atoms with Crippen LogP contribution in [0.4, 0.5) is 5.13 Å². The maximum absolute atomic E-state index is 12.4. The first kappa shape index (κ1) is 22.7. The summed E-state index contributed by atoms with van der Waals surface area (Å²) in [5.74, 6) is 1.90. The first-order valence-corrected chi connectivity index (χ1v) is 12.3. The van der Waals surface area contributed by atoms with Crippen LogP contribution in [0, 0.1) is 18.8 Å². The lowest BCUT2D eigenvalue weighted by molar-refractivity contribution is -0.125. The van der Waals surface area contributed by atoms with Crippen LogP contribution in [-0.4, -0.2) is 34.9 Å². The number of piperidine rings is 1. The van der Waals surface area contributed by atoms with Gasteiger partial charge < -0.3 is 10.2 Å². The average molecular weight is 429 g/mol. The summed E-state index contributed by atoms with van der Waals surface area (Å²) in [5, 5.41) is 4.25. The Hall–Kier alpha value is -1.95. The number of anilines is 1. The molecule has 1 aromatic heterocycles. The van der Waals surface area contributed by atoms with Gasteiger partial charge in [0, 0.05) is 43.5 Å². The molecule has 0 spiro atoms. The molecule has 3 rings (SSSR count). The van der Waals surface area contributed by atoms with Crippen LogP contribution in [0.25, 0.3) is 0 Å². The van der Waals surface area contributed by atoms with E-state index >= 15 is 0 Å². The predicted molar refractivity (Wildman–Crippen MR) is 125 cm³/mol. The zero-order valence-corrected chi connectivity index (χ0v) is 19.5. The zero-order valence-electron chi connectivity index (χ0n) is 18.7. The molecule has 2 aromatic rings. The van der Waals surface area contributed by atoms with E-state index in [1.807, 2.05) is 0 Å². The quantitative estimate of drug-likeness (QED) is 0.579. The number of amides is 1. The van der Waals surface area contributed by atoms with Crippen molar-refractivity contribution in [2.75, 3.05) is 24.5 Å². The van der Waals surface area contributed by atoms with Gasteiger partial charge in [-0.25, -0.2) is 4.98 Å². The fourth-order valence-corrected chi connectivity index (χ4v) is 4.76. The van der Waals surface area contributed by atoms with Crippen LogP contribution in [0.15, 0.2) is 24.3 Å². The van der Waals surface area contributed by atoms with E-state index < -0.39 is 0 Å². The van der Waals surface area contributed by atoms with Gasteiger partial charge in [0.1, 0.15) is 5.82 Å². The molecule has 1 aliphatic rings. The van der Waals surface area contributed by atoms with Crippen LogP contribution >= 0.6 is 11.5 Å². The number of benzene rings is 1. The largest absolute Gasteiger partial charge is 0.356 e. The lowest BCUT2D eigenvalue weighted by Crippen LogP contribution is -2.40. The number of unbranched alkanes of at least 4 members (excludes halogenated alkanes) is 1. The predicted octanol–water partition coefficient (Wildman–Crippen LogP) is 4.99. The smallest absolute Gasteiger partial charge is 0.223 e. The molecular weight excluding hydrogens is 392 g/mol. The van der Waals surface area contributed by atoms with E-state index in [-0.39, 0.29) is 11.8 Å². The minimum Gasteiger partial charge on any atom is -0.356 e. The minimum atomic E-state index is 0.179. The van der Waals surface area contributed by atoms with Crippen LogP contribution in [0.3, 0.4) is 0 Å². The average Bonchev–Trinajstić information content (AvgIpc) is 3.23. The fourth-order valence-electron chi connectivity index (χ4n) is 4.02. The SMILES string of the molecule is CCCC[C@H](CC)C(=O)NCC1CCN(c2nc(Cc3ccc(C)cc3)ns2)CC1. The molecular formula is C24H36N4OS. The maximum atomic E-state index is 12.4. The van der Waals surface area contributed by atoms with E-state index in [1.165, 1.54) is 22.7 Å². The van der Waals surface area contributed by atoms with Gasteiger partial charge in [-0.3, -0.25) is 4.79 Å². The number of hydrogen-bond donors (Lipinski definition) is 1. The van der Waals surface area contributed by atoms with Crippen molar-refractivity contribution in [2.45, 2.75) is 65.7 Å². The number of carbonyl (C=O) groups is 1. The summed E-state index contributed by atoms with van der Waals surface area (Å²) in [7, 11) is 0. The summed E-state index contributed by atoms with van der Waals surface area (Å²) >= 11 is 1.51. The molecule has 1 aromatic carbocycles. The van der Waals surface area contributed by atoms with Crippen LogP contribution in [-0.2, 0) is 11.2 Å². The molecule has 0 radical (unpaired) electrons. The number of aryl methyl sites for hydroxylation is 1. The van der Waals surface area contributed by atoms with Gasteiger partial charge in [-0.2, -0.15) is 4.37 Å². The molecule has 164 valence electrons. The summed E-state index contributed by atoms with van der Waals surface area (Å²) in [6.07, 6.45) is 7.22. The topological polar surface area (TPSA) is 58.1 Å². The van der Waals surface area contributed by atoms with Gasteiger partial charge in [0.05, 0.1) is 0 Å². The Morgan fingerprint density at radius 1 is 1.23 bits per heavy atom. The first-order chi connectivity index (χ1) is 14.6. The lowest BCUT2D eigenvalue weighted by Gasteiger charge is -2.31. The second kappa shape index (κ2) is 11.4. The molecule has 1 saturated heterocycles. The molecule has 1 aliphatic heterocycles. The van der Waals surface area contributed by atoms with Gasteiger partial charge in [0.2, 0.25) is 11.0 Å². The van der Waals surface area contributed by atoms with Gasteiger partial charge in [0.15, 0.2) is 0 Å². The van der Waals surface area contributed by atoms with E-state index in [0.717, 1.165) is 75.5 Å². The Kier molecular flexibility index (Phi) is 8.67. The Labute approximate surface area is 185 Å². The Balaban J connectivity index is 1.42. The molecule has 1 N–H and O–H groups in total. The second-order valence-corrected chi connectivity index (χ2v) is 9.31. The molecule has 0 bridgehead atoms. The van der Waals surface area contributed by atoms with Gasteiger partial charge in [0.25, 0.3) is 0 Å². The molecule has 0 unspecified atom stereocenters. The third-order valence-electron chi connectivity index (χ3n) is 6.16. The third kappa shape index (κ3) is 6.53. The summed E-state index contributed by atoms with van der Waals surface area (Å²) in [5.41, 5.74) is 2.53. The van der Waals surface area contributed by atoms with Crippen molar-refractivity contribution in [3.63, 3.8) is 0 Å². The highest BCUT2D eigenvalue weighted by atomic mass is 32.1. The van der Waals surface area contributed by atoms with Gasteiger partial charge in [-0.05, 0) is 44.1 Å². The molecule has 2 heterocycles. The maximum Gasteiger partial charge on any atom is 0.223 e. The number of nitrogens with zero attached hydrogens (tertiary/aromatic N) is 3. The van der Waals surface area contributed by atoms with Crippen LogP contribution in [0.5, 0.6) is 0 Å². The minimum absolute atomic E-state index is 0.179. The van der Waals surface area contributed by atoms with Crippen LogP contribution in [0.2, 0.25) is 0 Å². The Bertz CT molecular complexity index is 781. The van der Waals surface area contributed by atoms with Crippen LogP contribution < -0.4 is 10.2 Å². The van der Waals surface area contributed by atoms with Crippen molar-refractivity contribution in [2.24, 2.45) is 11.8 Å². The summed E-state index contributed by atoms with van der Waals surface area (Å²) in [4.78, 5) is 19.6. The van der Waals surface area contributed by atoms with Gasteiger partial charge in [-0.15, -0.1) is 0 Å². The number of carbonyl (C=O) groups excluding carboxylic acids is 1.